The van der Waals surface area contributed by atoms with Crippen LogP contribution in [0.1, 0.15) is 40.5 Å². The summed E-state index contributed by atoms with van der Waals surface area (Å²) in [5.41, 5.74) is 6.81. The Morgan fingerprint density at radius 1 is 1.17 bits per heavy atom. The van der Waals surface area contributed by atoms with Gasteiger partial charge in [-0.15, -0.1) is 6.58 Å². The lowest BCUT2D eigenvalue weighted by Gasteiger charge is -2.33. The topological polar surface area (TPSA) is 145 Å². The number of carbonyl (C=O) groups excluding carboxylic acids is 3. The summed E-state index contributed by atoms with van der Waals surface area (Å²) in [5.74, 6) is -0.0147. The number of ether oxygens (including phenoxy) is 3. The average molecular weight is 644 g/mol. The molecule has 250 valence electrons. The number of hydrogen-bond acceptors (Lipinski definition) is 8. The molecule has 1 aromatic heterocycles. The van der Waals surface area contributed by atoms with E-state index >= 15 is 0 Å². The molecular formula is C36H45N5O6. The van der Waals surface area contributed by atoms with Crippen molar-refractivity contribution >= 4 is 28.8 Å². The molecule has 2 heterocycles. The van der Waals surface area contributed by atoms with Crippen molar-refractivity contribution in [2.24, 2.45) is 17.1 Å². The average Bonchev–Trinajstić information content (AvgIpc) is 3.61. The number of likely N-dealkylation sites (tertiary alicyclic amines) is 1. The summed E-state index contributed by atoms with van der Waals surface area (Å²) in [5, 5.41) is 6.71. The number of amides is 3. The molecule has 2 aromatic carbocycles. The second-order valence-electron chi connectivity index (χ2n) is 13.2. The number of rotatable bonds is 11. The second-order valence-corrected chi connectivity index (χ2v) is 13.2. The first-order valence-corrected chi connectivity index (χ1v) is 16.0. The Hall–Kier alpha value is -4.64. The van der Waals surface area contributed by atoms with Gasteiger partial charge in [-0.2, -0.15) is 0 Å². The molecule has 1 aliphatic heterocycles. The maximum absolute atomic E-state index is 14.0. The summed E-state index contributed by atoms with van der Waals surface area (Å²) in [4.78, 5) is 47.1. The number of hydrogen-bond donors (Lipinski definition) is 3. The van der Waals surface area contributed by atoms with Crippen LogP contribution >= 0.6 is 0 Å². The predicted molar refractivity (Wildman–Crippen MR) is 180 cm³/mol. The molecule has 1 saturated heterocycles. The van der Waals surface area contributed by atoms with Crippen molar-refractivity contribution in [3.8, 4) is 22.8 Å². The number of methoxy groups -OCH3 is 1. The third-order valence-corrected chi connectivity index (χ3v) is 9.03. The summed E-state index contributed by atoms with van der Waals surface area (Å²) in [6.45, 7) is 12.0. The largest absolute Gasteiger partial charge is 0.497 e. The molecule has 4 N–H and O–H groups in total. The summed E-state index contributed by atoms with van der Waals surface area (Å²) in [6.07, 6.45) is 1.67. The van der Waals surface area contributed by atoms with Gasteiger partial charge in [0.15, 0.2) is 0 Å². The molecule has 0 bridgehead atoms. The number of benzene rings is 2. The monoisotopic (exact) mass is 643 g/mol. The third-order valence-electron chi connectivity index (χ3n) is 9.03. The molecule has 5 atom stereocenters. The van der Waals surface area contributed by atoms with E-state index in [2.05, 4.69) is 17.2 Å². The molecule has 47 heavy (non-hydrogen) atoms. The van der Waals surface area contributed by atoms with Crippen LogP contribution in [0.3, 0.4) is 0 Å². The van der Waals surface area contributed by atoms with Gasteiger partial charge in [0.2, 0.25) is 5.91 Å². The molecule has 11 heteroatoms. The maximum atomic E-state index is 14.0. The number of urea groups is 1. The Morgan fingerprint density at radius 3 is 2.53 bits per heavy atom. The minimum atomic E-state index is -1.20. The molecule has 0 spiro atoms. The van der Waals surface area contributed by atoms with E-state index in [0.717, 1.165) is 10.9 Å². The van der Waals surface area contributed by atoms with Crippen molar-refractivity contribution in [2.75, 3.05) is 26.8 Å². The molecule has 3 amide bonds. The van der Waals surface area contributed by atoms with Gasteiger partial charge in [-0.05, 0) is 30.9 Å². The zero-order valence-corrected chi connectivity index (χ0v) is 27.7. The standard InChI is InChI=1S/C36H45N5O6/c1-7-23-19-36(23,33(43)46-8-2)40-32(42)29-17-25(21-41(29)34(44)39-31(20-37)35(3,4)5)47-30-18-27(22-12-10-9-11-13-22)38-28-16-24(45-6)14-15-26(28)30/h7,9-16,18,23,25,29,31H,1,8,17,19-21,37H2,2-6H3,(H,39,44)(H,40,42)/t23?,25-,29+,31-,36-/m1/s1. The lowest BCUT2D eigenvalue weighted by molar-refractivity contribution is -0.149. The Bertz CT molecular complexity index is 1640. The van der Waals surface area contributed by atoms with Gasteiger partial charge in [-0.1, -0.05) is 57.2 Å². The molecule has 5 rings (SSSR count). The number of nitrogens with zero attached hydrogens (tertiary/aromatic N) is 2. The SMILES string of the molecule is C=CC1C[C@]1(NC(=O)[C@@H]1C[C@@H](Oc2cc(-c3ccccc3)nc3cc(OC)ccc23)CN1C(=O)N[C@H](CN)C(C)(C)C)C(=O)OCC. The highest BCUT2D eigenvalue weighted by molar-refractivity contribution is 5.95. The molecule has 11 nitrogen and oxygen atoms in total. The van der Waals surface area contributed by atoms with Crippen molar-refractivity contribution in [1.29, 1.82) is 0 Å². The van der Waals surface area contributed by atoms with E-state index in [1.807, 2.05) is 75.4 Å². The van der Waals surface area contributed by atoms with Crippen LogP contribution in [0.2, 0.25) is 0 Å². The van der Waals surface area contributed by atoms with Crippen LogP contribution in [0.4, 0.5) is 4.79 Å². The van der Waals surface area contributed by atoms with Crippen LogP contribution in [-0.4, -0.2) is 78.3 Å². The maximum Gasteiger partial charge on any atom is 0.332 e. The van der Waals surface area contributed by atoms with Crippen molar-refractivity contribution in [1.82, 2.24) is 20.5 Å². The van der Waals surface area contributed by atoms with Gasteiger partial charge < -0.3 is 35.5 Å². The quantitative estimate of drug-likeness (QED) is 0.206. The van der Waals surface area contributed by atoms with Gasteiger partial charge >= 0.3 is 12.0 Å². The fourth-order valence-corrected chi connectivity index (χ4v) is 6.12. The van der Waals surface area contributed by atoms with Crippen molar-refractivity contribution < 1.29 is 28.6 Å². The number of fused-ring (bicyclic) bond motifs is 1. The first kappa shape index (κ1) is 33.7. The van der Waals surface area contributed by atoms with E-state index in [-0.39, 0.29) is 43.5 Å². The molecule has 3 aromatic rings. The van der Waals surface area contributed by atoms with Crippen LogP contribution in [0, 0.1) is 11.3 Å². The summed E-state index contributed by atoms with van der Waals surface area (Å²) in [6, 6.07) is 15.5. The van der Waals surface area contributed by atoms with Crippen LogP contribution < -0.4 is 25.8 Å². The molecule has 0 radical (unpaired) electrons. The van der Waals surface area contributed by atoms with E-state index in [1.165, 1.54) is 4.90 Å². The highest BCUT2D eigenvalue weighted by Gasteiger charge is 2.62. The van der Waals surface area contributed by atoms with Crippen molar-refractivity contribution in [2.45, 2.75) is 64.3 Å². The fourth-order valence-electron chi connectivity index (χ4n) is 6.12. The highest BCUT2D eigenvalue weighted by Crippen LogP contribution is 2.46. The van der Waals surface area contributed by atoms with Gasteiger partial charge in [-0.3, -0.25) is 4.79 Å². The Morgan fingerprint density at radius 2 is 1.91 bits per heavy atom. The van der Waals surface area contributed by atoms with Crippen molar-refractivity contribution in [3.63, 3.8) is 0 Å². The number of nitrogens with two attached hydrogens (primary N) is 1. The Balaban J connectivity index is 1.47. The van der Waals surface area contributed by atoms with Crippen molar-refractivity contribution in [3.05, 3.63) is 67.3 Å². The Labute approximate surface area is 275 Å². The lowest BCUT2D eigenvalue weighted by atomic mass is 9.87. The number of pyridine rings is 1. The molecule has 1 unspecified atom stereocenters. The first-order valence-electron chi connectivity index (χ1n) is 16.0. The normalized spacial score (nSPS) is 22.7. The lowest BCUT2D eigenvalue weighted by Crippen LogP contribution is -2.57. The van der Waals surface area contributed by atoms with Gasteiger partial charge in [0.05, 0.1) is 31.5 Å². The minimum Gasteiger partial charge on any atom is -0.497 e. The predicted octanol–water partition coefficient (Wildman–Crippen LogP) is 4.44. The van der Waals surface area contributed by atoms with E-state index in [1.54, 1.807) is 20.1 Å². The zero-order valence-electron chi connectivity index (χ0n) is 27.7. The van der Waals surface area contributed by atoms with Gasteiger partial charge in [0.1, 0.15) is 29.2 Å². The molecule has 2 fully saturated rings. The van der Waals surface area contributed by atoms with Gasteiger partial charge in [0.25, 0.3) is 0 Å². The zero-order chi connectivity index (χ0) is 33.9. The summed E-state index contributed by atoms with van der Waals surface area (Å²) >= 11 is 0. The Kier molecular flexibility index (Phi) is 9.76. The van der Waals surface area contributed by atoms with Gasteiger partial charge in [0, 0.05) is 48.0 Å². The fraction of sp³-hybridized carbons (Fsp3) is 0.444. The van der Waals surface area contributed by atoms with E-state index < -0.39 is 35.6 Å². The summed E-state index contributed by atoms with van der Waals surface area (Å²) in [7, 11) is 1.60. The van der Waals surface area contributed by atoms with Crippen LogP contribution in [0.25, 0.3) is 22.2 Å². The number of nitrogens with one attached hydrogen (secondary N) is 2. The summed E-state index contributed by atoms with van der Waals surface area (Å²) < 4.78 is 17.4. The van der Waals surface area contributed by atoms with E-state index in [9.17, 15) is 14.4 Å². The number of carbonyl (C=O) groups is 3. The third kappa shape index (κ3) is 7.05. The van der Waals surface area contributed by atoms with E-state index in [4.69, 9.17) is 24.9 Å². The van der Waals surface area contributed by atoms with Crippen LogP contribution in [0.5, 0.6) is 11.5 Å². The second kappa shape index (κ2) is 13.6. The van der Waals surface area contributed by atoms with Gasteiger partial charge in [-0.25, -0.2) is 14.6 Å². The number of esters is 1. The molecule has 1 saturated carbocycles. The molecule has 2 aliphatic rings. The minimum absolute atomic E-state index is 0.128. The highest BCUT2D eigenvalue weighted by atomic mass is 16.5. The number of aromatic nitrogens is 1. The first-order chi connectivity index (χ1) is 22.4. The van der Waals surface area contributed by atoms with Crippen LogP contribution in [-0.2, 0) is 14.3 Å². The molecule has 1 aliphatic carbocycles. The molecular weight excluding hydrogens is 598 g/mol. The van der Waals surface area contributed by atoms with Crippen LogP contribution in [0.15, 0.2) is 67.3 Å². The smallest absolute Gasteiger partial charge is 0.332 e. The van der Waals surface area contributed by atoms with E-state index in [0.29, 0.717) is 29.1 Å².